The fourth-order valence-corrected chi connectivity index (χ4v) is 2.78. The first-order valence-corrected chi connectivity index (χ1v) is 7.96. The van der Waals surface area contributed by atoms with E-state index in [1.807, 2.05) is 0 Å². The van der Waals surface area contributed by atoms with Crippen LogP contribution >= 0.6 is 8.09 Å². The van der Waals surface area contributed by atoms with E-state index >= 15 is 0 Å². The summed E-state index contributed by atoms with van der Waals surface area (Å²) >= 11 is 0. The van der Waals surface area contributed by atoms with Gasteiger partial charge in [-0.25, -0.2) is 15.0 Å². The minimum atomic E-state index is -5.09. The second-order valence-electron chi connectivity index (χ2n) is 4.88. The van der Waals surface area contributed by atoms with Crippen LogP contribution in [0.5, 0.6) is 0 Å². The van der Waals surface area contributed by atoms with E-state index in [2.05, 4.69) is 15.0 Å². The number of ether oxygens (including phenoxy) is 1. The number of aliphatic hydroxyl groups excluding tert-OH is 3. The number of nitrogens with one attached hydrogen (secondary N) is 1. The molecule has 0 saturated carbocycles. The number of aliphatic hydroxyl groups is 3. The number of anilines is 1. The molecule has 3 rings (SSSR count). The van der Waals surface area contributed by atoms with Crippen molar-refractivity contribution in [2.45, 2.75) is 24.5 Å². The van der Waals surface area contributed by atoms with Crippen molar-refractivity contribution in [3.05, 3.63) is 12.7 Å². The summed E-state index contributed by atoms with van der Waals surface area (Å²) in [4.78, 5) is 43.9. The van der Waals surface area contributed by atoms with Gasteiger partial charge in [-0.2, -0.15) is 0 Å². The van der Waals surface area contributed by atoms with Crippen LogP contribution in [0.3, 0.4) is 0 Å². The van der Waals surface area contributed by atoms with Gasteiger partial charge in [-0.3, -0.25) is 9.65 Å². The van der Waals surface area contributed by atoms with Gasteiger partial charge in [-0.1, -0.05) is 8.09 Å². The molecule has 0 aromatic carbocycles. The zero-order chi connectivity index (χ0) is 16.8. The van der Waals surface area contributed by atoms with E-state index in [1.54, 1.807) is 5.09 Å². The number of hydrogen-bond donors (Lipinski definition) is 4. The first-order valence-electron chi connectivity index (χ1n) is 6.42. The van der Waals surface area contributed by atoms with Crippen molar-refractivity contribution in [3.63, 3.8) is 0 Å². The van der Waals surface area contributed by atoms with E-state index in [9.17, 15) is 24.9 Å². The number of hydrogen-bond acceptors (Lipinski definition) is 11. The second-order valence-corrected chi connectivity index (χ2v) is 6.10. The summed E-state index contributed by atoms with van der Waals surface area (Å²) in [5.41, 5.74) is 0.0444. The monoisotopic (exact) mass is 391 g/mol. The van der Waals surface area contributed by atoms with Crippen LogP contribution in [0.15, 0.2) is 12.7 Å². The molecule has 2 aromatic heterocycles. The SMILES string of the molecule is [Na+].[Na+].[O-][P+]([O-])([O-])Nc1ncnc2c1ncn2[C@@H]1O[C@H](CO)[C@@H](O)[C@H]1O. The molecule has 4 atom stereocenters. The molecule has 4 N–H and O–H groups in total. The molecule has 0 unspecified atom stereocenters. The molecule has 1 aliphatic heterocycles. The molecular weight excluding hydrogens is 379 g/mol. The Kier molecular flexibility index (Phi) is 8.59. The molecule has 0 spiro atoms. The predicted molar refractivity (Wildman–Crippen MR) is 68.9 cm³/mol. The fourth-order valence-electron chi connectivity index (χ4n) is 2.36. The third-order valence-electron chi connectivity index (χ3n) is 3.39. The van der Waals surface area contributed by atoms with Gasteiger partial charge in [-0.15, -0.1) is 0 Å². The van der Waals surface area contributed by atoms with Crippen LogP contribution < -0.4 is 78.9 Å². The van der Waals surface area contributed by atoms with E-state index in [4.69, 9.17) is 9.84 Å². The van der Waals surface area contributed by atoms with Crippen molar-refractivity contribution in [2.24, 2.45) is 0 Å². The van der Waals surface area contributed by atoms with Crippen molar-refractivity contribution in [1.29, 1.82) is 0 Å². The van der Waals surface area contributed by atoms with Gasteiger partial charge in [0.05, 0.1) is 12.9 Å². The predicted octanol–water partition coefficient (Wildman–Crippen LogP) is -10.4. The Labute approximate surface area is 186 Å². The molecule has 0 radical (unpaired) electrons. The van der Waals surface area contributed by atoms with E-state index in [-0.39, 0.29) is 76.1 Å². The molecule has 0 amide bonds. The van der Waals surface area contributed by atoms with Gasteiger partial charge in [0.2, 0.25) is 0 Å². The summed E-state index contributed by atoms with van der Waals surface area (Å²) in [6.07, 6.45) is -2.58. The number of rotatable bonds is 4. The molecule has 15 heteroatoms. The summed E-state index contributed by atoms with van der Waals surface area (Å²) in [5.74, 6) is -0.311. The van der Waals surface area contributed by atoms with Crippen LogP contribution in [0.1, 0.15) is 6.23 Å². The van der Waals surface area contributed by atoms with Crippen molar-refractivity contribution in [2.75, 3.05) is 11.7 Å². The van der Waals surface area contributed by atoms with Crippen molar-refractivity contribution < 1.29 is 93.9 Å². The number of nitrogens with zero attached hydrogens (tertiary/aromatic N) is 4. The minimum Gasteiger partial charge on any atom is -0.669 e. The van der Waals surface area contributed by atoms with Crippen molar-refractivity contribution in [1.82, 2.24) is 19.5 Å². The Balaban J connectivity index is 0.00000156. The van der Waals surface area contributed by atoms with Gasteiger partial charge >= 0.3 is 59.1 Å². The van der Waals surface area contributed by atoms with Gasteiger partial charge in [0.25, 0.3) is 0 Å². The summed E-state index contributed by atoms with van der Waals surface area (Å²) in [5, 5.41) is 30.6. The number of aromatic nitrogens is 4. The van der Waals surface area contributed by atoms with Gasteiger partial charge in [0.1, 0.15) is 24.6 Å². The Hall–Kier alpha value is 0.500. The minimum absolute atomic E-state index is 0. The van der Waals surface area contributed by atoms with Gasteiger partial charge in [0, 0.05) is 0 Å². The van der Waals surface area contributed by atoms with Crippen LogP contribution in [0.4, 0.5) is 5.82 Å². The maximum absolute atomic E-state index is 10.8. The van der Waals surface area contributed by atoms with Crippen molar-refractivity contribution >= 4 is 25.1 Å². The Bertz CT molecular complexity index is 717. The van der Waals surface area contributed by atoms with E-state index in [1.165, 1.54) is 10.9 Å². The Morgan fingerprint density at radius 2 is 1.84 bits per heavy atom. The molecule has 0 aliphatic carbocycles. The molecular formula is C10H12N5Na2O7P. The molecule has 25 heavy (non-hydrogen) atoms. The Morgan fingerprint density at radius 3 is 2.40 bits per heavy atom. The molecule has 1 aliphatic rings. The van der Waals surface area contributed by atoms with E-state index < -0.39 is 39.2 Å². The van der Waals surface area contributed by atoms with Crippen LogP contribution in [-0.2, 0) is 4.74 Å². The van der Waals surface area contributed by atoms with Crippen LogP contribution in [-0.4, -0.2) is 59.8 Å². The summed E-state index contributed by atoms with van der Waals surface area (Å²) in [6, 6.07) is 0. The largest absolute Gasteiger partial charge is 1.00 e. The zero-order valence-corrected chi connectivity index (χ0v) is 18.3. The van der Waals surface area contributed by atoms with E-state index in [0.717, 1.165) is 6.33 Å². The molecule has 1 fully saturated rings. The normalized spacial score (nSPS) is 26.2. The maximum atomic E-state index is 10.8. The molecule has 3 heterocycles. The molecule has 1 saturated heterocycles. The van der Waals surface area contributed by atoms with Gasteiger partial charge < -0.3 is 34.7 Å². The quantitative estimate of drug-likeness (QED) is 0.285. The topological polar surface area (TPSA) is 195 Å². The third kappa shape index (κ3) is 4.86. The smallest absolute Gasteiger partial charge is 0.669 e. The molecule has 126 valence electrons. The Morgan fingerprint density at radius 1 is 1.16 bits per heavy atom. The summed E-state index contributed by atoms with van der Waals surface area (Å²) in [6.45, 7) is -0.501. The van der Waals surface area contributed by atoms with Gasteiger partial charge in [0.15, 0.2) is 23.2 Å². The zero-order valence-electron chi connectivity index (χ0n) is 13.4. The van der Waals surface area contributed by atoms with Crippen LogP contribution in [0, 0.1) is 0 Å². The third-order valence-corrected chi connectivity index (χ3v) is 3.88. The second kappa shape index (κ2) is 9.13. The number of imidazole rings is 1. The van der Waals surface area contributed by atoms with Gasteiger partial charge in [-0.05, 0) is 0 Å². The average Bonchev–Trinajstić information content (AvgIpc) is 3.01. The van der Waals surface area contributed by atoms with Crippen molar-refractivity contribution in [3.8, 4) is 0 Å². The molecule has 2 aromatic rings. The average molecular weight is 391 g/mol. The molecule has 12 nitrogen and oxygen atoms in total. The first kappa shape index (κ1) is 23.5. The van der Waals surface area contributed by atoms with Crippen LogP contribution in [0.2, 0.25) is 0 Å². The maximum Gasteiger partial charge on any atom is 1.00 e. The summed E-state index contributed by atoms with van der Waals surface area (Å²) in [7, 11) is -5.09. The van der Waals surface area contributed by atoms with E-state index in [0.29, 0.717) is 0 Å². The standard InChI is InChI=1S/C10H14N5O7P.2Na/c16-1-4-6(17)7(18)10(22-4)15-3-13-5-8(14-23(19,20)21)11-2-12-9(5)15;;/h2-4,6-7,10,16-18H,1H2,(H3,11,12,14,19,20,21);;/q;2*+1/p-2/t4-,6-,7-,10-;;/m1../s1. The molecule has 0 bridgehead atoms. The summed E-state index contributed by atoms with van der Waals surface area (Å²) < 4.78 is 6.58. The fraction of sp³-hybridized carbons (Fsp3) is 0.500. The first-order chi connectivity index (χ1) is 10.8. The number of fused-ring (bicyclic) bond motifs is 1. The van der Waals surface area contributed by atoms with Crippen LogP contribution in [0.25, 0.3) is 11.2 Å².